The molecule has 9 heteroatoms. The van der Waals surface area contributed by atoms with Crippen LogP contribution in [0.5, 0.6) is 23.1 Å². The van der Waals surface area contributed by atoms with Crippen LogP contribution in [0.25, 0.3) is 16.6 Å². The van der Waals surface area contributed by atoms with Gasteiger partial charge in [0.2, 0.25) is 5.88 Å². The first-order chi connectivity index (χ1) is 19.4. The summed E-state index contributed by atoms with van der Waals surface area (Å²) in [5.41, 5.74) is 11.2. The van der Waals surface area contributed by atoms with E-state index in [-0.39, 0.29) is 12.5 Å². The highest BCUT2D eigenvalue weighted by atomic mass is 16.5. The molecular formula is C31H30N4O5. The molecule has 3 N–H and O–H groups in total. The van der Waals surface area contributed by atoms with E-state index in [9.17, 15) is 4.79 Å². The van der Waals surface area contributed by atoms with Gasteiger partial charge in [-0.15, -0.1) is 0 Å². The Morgan fingerprint density at radius 2 is 1.57 bits per heavy atom. The lowest BCUT2D eigenvalue weighted by Gasteiger charge is -2.13. The number of carbonyl (C=O) groups excluding carboxylic acids is 1. The fourth-order valence-electron chi connectivity index (χ4n) is 4.57. The Morgan fingerprint density at radius 3 is 2.23 bits per heavy atom. The van der Waals surface area contributed by atoms with Crippen LogP contribution in [0.2, 0.25) is 0 Å². The van der Waals surface area contributed by atoms with E-state index in [1.807, 2.05) is 72.2 Å². The zero-order valence-electron chi connectivity index (χ0n) is 22.7. The van der Waals surface area contributed by atoms with Crippen LogP contribution in [0.4, 0.5) is 17.1 Å². The summed E-state index contributed by atoms with van der Waals surface area (Å²) in [7, 11) is 3.24. The van der Waals surface area contributed by atoms with Gasteiger partial charge >= 0.3 is 5.97 Å². The van der Waals surface area contributed by atoms with Gasteiger partial charge in [-0.25, -0.2) is 9.78 Å². The predicted molar refractivity (Wildman–Crippen MR) is 156 cm³/mol. The molecule has 204 valence electrons. The molecule has 9 nitrogen and oxygen atoms in total. The van der Waals surface area contributed by atoms with Gasteiger partial charge in [0.05, 0.1) is 37.6 Å². The normalized spacial score (nSPS) is 10.8. The third-order valence-electron chi connectivity index (χ3n) is 6.52. The van der Waals surface area contributed by atoms with Gasteiger partial charge in [0.15, 0.2) is 0 Å². The highest BCUT2D eigenvalue weighted by Crippen LogP contribution is 2.37. The summed E-state index contributed by atoms with van der Waals surface area (Å²) in [6.45, 7) is 3.94. The Kier molecular flexibility index (Phi) is 7.46. The topological polar surface area (TPSA) is 110 Å². The fourth-order valence-corrected chi connectivity index (χ4v) is 4.57. The summed E-state index contributed by atoms with van der Waals surface area (Å²) in [5.74, 6) is 1.81. The third kappa shape index (κ3) is 5.09. The Balaban J connectivity index is 1.52. The van der Waals surface area contributed by atoms with Gasteiger partial charge in [-0.2, -0.15) is 0 Å². The Hall–Kier alpha value is -5.18. The summed E-state index contributed by atoms with van der Waals surface area (Å²) >= 11 is 0. The average molecular weight is 539 g/mol. The molecule has 0 bridgehead atoms. The van der Waals surface area contributed by atoms with E-state index in [4.69, 9.17) is 24.7 Å². The largest absolute Gasteiger partial charge is 0.497 e. The number of ether oxygens (including phenoxy) is 4. The summed E-state index contributed by atoms with van der Waals surface area (Å²) in [4.78, 5) is 17.4. The van der Waals surface area contributed by atoms with Crippen LogP contribution >= 0.6 is 0 Å². The van der Waals surface area contributed by atoms with E-state index in [2.05, 4.69) is 10.3 Å². The Morgan fingerprint density at radius 1 is 0.925 bits per heavy atom. The Labute approximate surface area is 232 Å². The molecule has 2 heterocycles. The van der Waals surface area contributed by atoms with E-state index in [1.165, 1.54) is 0 Å². The number of anilines is 3. The molecule has 0 aliphatic carbocycles. The predicted octanol–water partition coefficient (Wildman–Crippen LogP) is 6.65. The summed E-state index contributed by atoms with van der Waals surface area (Å²) < 4.78 is 24.1. The number of nitrogens with zero attached hydrogens (tertiary/aromatic N) is 2. The minimum Gasteiger partial charge on any atom is -0.497 e. The fraction of sp³-hybridized carbons (Fsp3) is 0.161. The van der Waals surface area contributed by atoms with Crippen LogP contribution in [-0.4, -0.2) is 36.3 Å². The lowest BCUT2D eigenvalue weighted by atomic mass is 10.1. The average Bonchev–Trinajstić information content (AvgIpc) is 3.26. The van der Waals surface area contributed by atoms with Gasteiger partial charge in [0.25, 0.3) is 0 Å². The molecule has 5 aromatic rings. The molecule has 0 unspecified atom stereocenters. The first kappa shape index (κ1) is 26.4. The monoisotopic (exact) mass is 538 g/mol. The minimum absolute atomic E-state index is 0.238. The van der Waals surface area contributed by atoms with Crippen molar-refractivity contribution in [3.05, 3.63) is 90.3 Å². The SMILES string of the molecule is CCOC(=O)c1c(C)n(-c2ccc(OC)cc2)c2ccc(Oc3nccc(Nc4ccc(OC)cc4)c3N)cc12. The maximum Gasteiger partial charge on any atom is 0.340 e. The van der Waals surface area contributed by atoms with Gasteiger partial charge < -0.3 is 34.6 Å². The maximum absolute atomic E-state index is 13.1. The van der Waals surface area contributed by atoms with Crippen molar-refractivity contribution in [3.63, 3.8) is 0 Å². The summed E-state index contributed by atoms with van der Waals surface area (Å²) in [6, 6.07) is 22.4. The van der Waals surface area contributed by atoms with Crippen molar-refractivity contribution in [2.45, 2.75) is 13.8 Å². The van der Waals surface area contributed by atoms with E-state index in [0.29, 0.717) is 28.1 Å². The van der Waals surface area contributed by atoms with Crippen LogP contribution in [0.3, 0.4) is 0 Å². The van der Waals surface area contributed by atoms with Crippen LogP contribution in [0, 0.1) is 6.92 Å². The number of aromatic nitrogens is 2. The molecule has 0 radical (unpaired) electrons. The number of fused-ring (bicyclic) bond motifs is 1. The van der Waals surface area contributed by atoms with Crippen molar-refractivity contribution >= 4 is 33.9 Å². The minimum atomic E-state index is -0.405. The Bertz CT molecular complexity index is 1660. The van der Waals surface area contributed by atoms with Crippen molar-refractivity contribution in [3.8, 4) is 28.8 Å². The van der Waals surface area contributed by atoms with Crippen molar-refractivity contribution in [1.29, 1.82) is 0 Å². The van der Waals surface area contributed by atoms with Crippen LogP contribution < -0.4 is 25.3 Å². The maximum atomic E-state index is 13.1. The van der Waals surface area contributed by atoms with Crippen LogP contribution in [0.15, 0.2) is 79.0 Å². The van der Waals surface area contributed by atoms with E-state index in [0.717, 1.165) is 34.1 Å². The van der Waals surface area contributed by atoms with Crippen molar-refractivity contribution in [1.82, 2.24) is 9.55 Å². The number of nitrogens with one attached hydrogen (secondary N) is 1. The number of esters is 1. The number of hydrogen-bond donors (Lipinski definition) is 2. The van der Waals surface area contributed by atoms with Crippen LogP contribution in [-0.2, 0) is 4.74 Å². The first-order valence-corrected chi connectivity index (χ1v) is 12.7. The number of nitrogen functional groups attached to an aromatic ring is 1. The lowest BCUT2D eigenvalue weighted by molar-refractivity contribution is 0.0527. The first-order valence-electron chi connectivity index (χ1n) is 12.7. The third-order valence-corrected chi connectivity index (χ3v) is 6.52. The van der Waals surface area contributed by atoms with E-state index < -0.39 is 5.97 Å². The number of rotatable bonds is 9. The second-order valence-corrected chi connectivity index (χ2v) is 8.93. The van der Waals surface area contributed by atoms with Crippen LogP contribution in [0.1, 0.15) is 23.0 Å². The lowest BCUT2D eigenvalue weighted by Crippen LogP contribution is -2.07. The highest BCUT2D eigenvalue weighted by molar-refractivity contribution is 6.07. The molecule has 0 spiro atoms. The van der Waals surface area contributed by atoms with Crippen molar-refractivity contribution < 1.29 is 23.7 Å². The van der Waals surface area contributed by atoms with E-state index >= 15 is 0 Å². The van der Waals surface area contributed by atoms with Crippen molar-refractivity contribution in [2.75, 3.05) is 31.9 Å². The standard InChI is InChI=1S/C31H30N4O5/c1-5-39-31(36)28-19(2)35(21-8-12-23(38-4)13-9-21)27-15-14-24(18-25(27)28)40-30-29(32)26(16-17-33-30)34-20-6-10-22(37-3)11-7-20/h6-18H,5,32H2,1-4H3,(H,33,34). The smallest absolute Gasteiger partial charge is 0.340 e. The van der Waals surface area contributed by atoms with Gasteiger partial charge in [-0.05, 0) is 86.6 Å². The van der Waals surface area contributed by atoms with Gasteiger partial charge in [0, 0.05) is 28.7 Å². The van der Waals surface area contributed by atoms with Gasteiger partial charge in [0.1, 0.15) is 22.9 Å². The molecule has 0 aliphatic heterocycles. The molecule has 0 amide bonds. The number of pyridine rings is 1. The summed E-state index contributed by atoms with van der Waals surface area (Å²) in [6.07, 6.45) is 1.62. The number of methoxy groups -OCH3 is 2. The van der Waals surface area contributed by atoms with E-state index in [1.54, 1.807) is 39.5 Å². The summed E-state index contributed by atoms with van der Waals surface area (Å²) in [5, 5.41) is 3.97. The highest BCUT2D eigenvalue weighted by Gasteiger charge is 2.23. The molecule has 0 saturated heterocycles. The molecule has 5 rings (SSSR count). The second kappa shape index (κ2) is 11.3. The molecule has 40 heavy (non-hydrogen) atoms. The number of carbonyl (C=O) groups is 1. The molecule has 0 saturated carbocycles. The number of hydrogen-bond acceptors (Lipinski definition) is 8. The van der Waals surface area contributed by atoms with Gasteiger partial charge in [-0.1, -0.05) is 0 Å². The zero-order valence-corrected chi connectivity index (χ0v) is 22.7. The molecule has 2 aromatic heterocycles. The molecule has 0 atom stereocenters. The van der Waals surface area contributed by atoms with Gasteiger partial charge in [-0.3, -0.25) is 0 Å². The number of benzene rings is 3. The molecule has 0 fully saturated rings. The molecule has 0 aliphatic rings. The zero-order chi connectivity index (χ0) is 28.2. The van der Waals surface area contributed by atoms with Crippen molar-refractivity contribution in [2.24, 2.45) is 0 Å². The molecular weight excluding hydrogens is 508 g/mol. The molecule has 3 aromatic carbocycles. The quantitative estimate of drug-likeness (QED) is 0.201. The number of nitrogens with two attached hydrogens (primary N) is 1. The second-order valence-electron chi connectivity index (χ2n) is 8.93.